The van der Waals surface area contributed by atoms with Crippen LogP contribution in [-0.2, 0) is 16.1 Å². The Morgan fingerprint density at radius 2 is 2.06 bits per heavy atom. The second kappa shape index (κ2) is 5.73. The van der Waals surface area contributed by atoms with Crippen molar-refractivity contribution in [1.82, 2.24) is 0 Å². The van der Waals surface area contributed by atoms with Crippen molar-refractivity contribution >= 4 is 0 Å². The van der Waals surface area contributed by atoms with Gasteiger partial charge in [-0.25, -0.2) is 0 Å². The summed E-state index contributed by atoms with van der Waals surface area (Å²) < 4.78 is 16.3. The fraction of sp³-hybridized carbons (Fsp3) is 0.429. The Balaban J connectivity index is 1.86. The molecular weight excluding hydrogens is 216 g/mol. The van der Waals surface area contributed by atoms with Crippen molar-refractivity contribution in [3.05, 3.63) is 42.2 Å². The average Bonchev–Trinajstić information content (AvgIpc) is 2.38. The van der Waals surface area contributed by atoms with Crippen LogP contribution in [0.2, 0.25) is 0 Å². The summed E-state index contributed by atoms with van der Waals surface area (Å²) in [6, 6.07) is 7.92. The van der Waals surface area contributed by atoms with Crippen molar-refractivity contribution < 1.29 is 14.2 Å². The maximum absolute atomic E-state index is 5.84. The predicted octanol–water partition coefficient (Wildman–Crippen LogP) is 2.90. The van der Waals surface area contributed by atoms with Crippen LogP contribution in [0.4, 0.5) is 0 Å². The molecule has 0 spiro atoms. The van der Waals surface area contributed by atoms with Gasteiger partial charge >= 0.3 is 0 Å². The Kier molecular flexibility index (Phi) is 4.04. The third-order valence-electron chi connectivity index (χ3n) is 2.90. The van der Waals surface area contributed by atoms with Gasteiger partial charge in [0.2, 0.25) is 0 Å². The Labute approximate surface area is 102 Å². The minimum Gasteiger partial charge on any atom is -0.497 e. The fourth-order valence-corrected chi connectivity index (χ4v) is 1.78. The lowest BCUT2D eigenvalue weighted by atomic mass is 10.1. The number of methoxy groups -OCH3 is 1. The number of hydrogen-bond acceptors (Lipinski definition) is 3. The number of rotatable bonds is 4. The van der Waals surface area contributed by atoms with E-state index in [0.29, 0.717) is 6.61 Å². The highest BCUT2D eigenvalue weighted by Gasteiger charge is 2.19. The number of hydrogen-bond donors (Lipinski definition) is 0. The molecular formula is C14H18O3. The smallest absolute Gasteiger partial charge is 0.121 e. The lowest BCUT2D eigenvalue weighted by molar-refractivity contribution is -0.0504. The van der Waals surface area contributed by atoms with Crippen molar-refractivity contribution in [2.75, 3.05) is 7.11 Å². The van der Waals surface area contributed by atoms with Crippen LogP contribution in [0.15, 0.2) is 36.6 Å². The van der Waals surface area contributed by atoms with Crippen LogP contribution in [0.5, 0.6) is 5.75 Å². The van der Waals surface area contributed by atoms with Gasteiger partial charge in [-0.3, -0.25) is 0 Å². The minimum absolute atomic E-state index is 0.123. The van der Waals surface area contributed by atoms with Gasteiger partial charge in [0.05, 0.1) is 26.1 Å². The van der Waals surface area contributed by atoms with Crippen LogP contribution < -0.4 is 4.74 Å². The molecule has 1 aromatic carbocycles. The van der Waals surface area contributed by atoms with E-state index in [-0.39, 0.29) is 12.2 Å². The SMILES string of the molecule is COc1ccc(CO[C@H]2CC=CO[C@@H]2C)cc1. The molecule has 1 aromatic rings. The van der Waals surface area contributed by atoms with Crippen molar-refractivity contribution in [1.29, 1.82) is 0 Å². The highest BCUT2D eigenvalue weighted by Crippen LogP contribution is 2.18. The van der Waals surface area contributed by atoms with Gasteiger partial charge in [-0.15, -0.1) is 0 Å². The lowest BCUT2D eigenvalue weighted by Gasteiger charge is -2.26. The van der Waals surface area contributed by atoms with Gasteiger partial charge in [-0.05, 0) is 37.1 Å². The molecule has 0 radical (unpaired) electrons. The first-order valence-corrected chi connectivity index (χ1v) is 5.84. The van der Waals surface area contributed by atoms with Crippen molar-refractivity contribution in [3.63, 3.8) is 0 Å². The predicted molar refractivity (Wildman–Crippen MR) is 65.9 cm³/mol. The van der Waals surface area contributed by atoms with Gasteiger partial charge in [0.1, 0.15) is 11.9 Å². The highest BCUT2D eigenvalue weighted by atomic mass is 16.5. The lowest BCUT2D eigenvalue weighted by Crippen LogP contribution is -2.29. The van der Waals surface area contributed by atoms with Crippen LogP contribution in [0, 0.1) is 0 Å². The largest absolute Gasteiger partial charge is 0.497 e. The summed E-state index contributed by atoms with van der Waals surface area (Å²) in [5, 5.41) is 0. The van der Waals surface area contributed by atoms with E-state index >= 15 is 0 Å². The third-order valence-corrected chi connectivity index (χ3v) is 2.90. The molecule has 0 N–H and O–H groups in total. The zero-order chi connectivity index (χ0) is 12.1. The summed E-state index contributed by atoms with van der Waals surface area (Å²) in [5.41, 5.74) is 1.15. The standard InChI is InChI=1S/C14H18O3/c1-11-14(4-3-9-16-11)17-10-12-5-7-13(15-2)8-6-12/h3,5-9,11,14H,4,10H2,1-2H3/t11-,14+/m1/s1. The molecule has 1 heterocycles. The van der Waals surface area contributed by atoms with E-state index < -0.39 is 0 Å². The summed E-state index contributed by atoms with van der Waals surface area (Å²) in [7, 11) is 1.67. The van der Waals surface area contributed by atoms with Gasteiger partial charge in [0.15, 0.2) is 0 Å². The quantitative estimate of drug-likeness (QED) is 0.801. The summed E-state index contributed by atoms with van der Waals surface area (Å²) in [6.45, 7) is 2.64. The highest BCUT2D eigenvalue weighted by molar-refractivity contribution is 5.26. The minimum atomic E-state index is 0.123. The Morgan fingerprint density at radius 1 is 1.29 bits per heavy atom. The molecule has 1 aliphatic heterocycles. The van der Waals surface area contributed by atoms with E-state index in [1.165, 1.54) is 0 Å². The summed E-state index contributed by atoms with van der Waals surface area (Å²) >= 11 is 0. The van der Waals surface area contributed by atoms with E-state index in [9.17, 15) is 0 Å². The first kappa shape index (κ1) is 12.0. The fourth-order valence-electron chi connectivity index (χ4n) is 1.78. The molecule has 0 amide bonds. The molecule has 0 unspecified atom stereocenters. The zero-order valence-corrected chi connectivity index (χ0v) is 10.3. The van der Waals surface area contributed by atoms with Crippen LogP contribution in [-0.4, -0.2) is 19.3 Å². The molecule has 0 fully saturated rings. The molecule has 1 aliphatic rings. The van der Waals surface area contributed by atoms with Gasteiger partial charge in [-0.2, -0.15) is 0 Å². The second-order valence-corrected chi connectivity index (χ2v) is 4.15. The second-order valence-electron chi connectivity index (χ2n) is 4.15. The molecule has 92 valence electrons. The molecule has 2 rings (SSSR count). The van der Waals surface area contributed by atoms with E-state index in [1.807, 2.05) is 37.3 Å². The maximum Gasteiger partial charge on any atom is 0.121 e. The maximum atomic E-state index is 5.84. The van der Waals surface area contributed by atoms with Crippen LogP contribution >= 0.6 is 0 Å². The topological polar surface area (TPSA) is 27.7 Å². The normalized spacial score (nSPS) is 23.2. The van der Waals surface area contributed by atoms with Gasteiger partial charge in [-0.1, -0.05) is 12.1 Å². The summed E-state index contributed by atoms with van der Waals surface area (Å²) in [4.78, 5) is 0. The van der Waals surface area contributed by atoms with Crippen molar-refractivity contribution in [2.45, 2.75) is 32.2 Å². The van der Waals surface area contributed by atoms with E-state index in [0.717, 1.165) is 17.7 Å². The first-order chi connectivity index (χ1) is 8.29. The Hall–Kier alpha value is -1.48. The van der Waals surface area contributed by atoms with Crippen LogP contribution in [0.25, 0.3) is 0 Å². The molecule has 0 aromatic heterocycles. The molecule has 0 aliphatic carbocycles. The van der Waals surface area contributed by atoms with E-state index in [1.54, 1.807) is 13.4 Å². The van der Waals surface area contributed by atoms with Crippen molar-refractivity contribution in [3.8, 4) is 5.75 Å². The average molecular weight is 234 g/mol. The van der Waals surface area contributed by atoms with Crippen LogP contribution in [0.3, 0.4) is 0 Å². The van der Waals surface area contributed by atoms with E-state index in [4.69, 9.17) is 14.2 Å². The van der Waals surface area contributed by atoms with Crippen molar-refractivity contribution in [2.24, 2.45) is 0 Å². The monoisotopic (exact) mass is 234 g/mol. The van der Waals surface area contributed by atoms with Gasteiger partial charge in [0.25, 0.3) is 0 Å². The zero-order valence-electron chi connectivity index (χ0n) is 10.3. The summed E-state index contributed by atoms with van der Waals surface area (Å²) in [5.74, 6) is 0.867. The van der Waals surface area contributed by atoms with E-state index in [2.05, 4.69) is 0 Å². The molecule has 3 heteroatoms. The van der Waals surface area contributed by atoms with Gasteiger partial charge in [0, 0.05) is 0 Å². The van der Waals surface area contributed by atoms with Gasteiger partial charge < -0.3 is 14.2 Å². The summed E-state index contributed by atoms with van der Waals surface area (Å²) in [6.07, 6.45) is 4.92. The molecule has 3 nitrogen and oxygen atoms in total. The number of ether oxygens (including phenoxy) is 3. The Bertz CT molecular complexity index is 370. The molecule has 17 heavy (non-hydrogen) atoms. The number of benzene rings is 1. The molecule has 0 saturated carbocycles. The van der Waals surface area contributed by atoms with Crippen LogP contribution in [0.1, 0.15) is 18.9 Å². The Morgan fingerprint density at radius 3 is 2.71 bits per heavy atom. The first-order valence-electron chi connectivity index (χ1n) is 5.84. The molecule has 0 saturated heterocycles. The third kappa shape index (κ3) is 3.24. The molecule has 2 atom stereocenters. The molecule has 0 bridgehead atoms.